The molecule has 0 unspecified atom stereocenters. The van der Waals surface area contributed by atoms with Crippen molar-refractivity contribution in [3.05, 3.63) is 51.9 Å². The van der Waals surface area contributed by atoms with E-state index in [2.05, 4.69) is 46.3 Å². The summed E-state index contributed by atoms with van der Waals surface area (Å²) in [5, 5.41) is 0.834. The van der Waals surface area contributed by atoms with Crippen molar-refractivity contribution in [1.82, 2.24) is 8.96 Å². The van der Waals surface area contributed by atoms with Gasteiger partial charge in [0.15, 0.2) is 5.65 Å². The molecule has 3 heterocycles. The molecule has 1 saturated heterocycles. The van der Waals surface area contributed by atoms with Crippen LogP contribution in [0, 0.1) is 10.5 Å². The van der Waals surface area contributed by atoms with Crippen LogP contribution in [0.2, 0.25) is 0 Å². The molecule has 0 N–H and O–H groups in total. The van der Waals surface area contributed by atoms with E-state index in [1.54, 1.807) is 36.7 Å². The van der Waals surface area contributed by atoms with Gasteiger partial charge >= 0.3 is 0 Å². The second-order valence-electron chi connectivity index (χ2n) is 7.32. The number of pyridine rings is 1. The first-order chi connectivity index (χ1) is 13.3. The second-order valence-corrected chi connectivity index (χ2v) is 10.3. The normalized spacial score (nSPS) is 20.6. The summed E-state index contributed by atoms with van der Waals surface area (Å²) in [7, 11) is -3.70. The Balaban J connectivity index is 1.77. The molecule has 0 amide bonds. The minimum Gasteiger partial charge on any atom is -0.372 e. The fourth-order valence-corrected chi connectivity index (χ4v) is 5.79. The number of ether oxygens (including phenoxy) is 1. The van der Waals surface area contributed by atoms with Gasteiger partial charge in [-0.2, -0.15) is 0 Å². The van der Waals surface area contributed by atoms with Crippen LogP contribution in [-0.4, -0.2) is 42.7 Å². The number of halogens is 1. The summed E-state index contributed by atoms with van der Waals surface area (Å²) in [5.74, 6) is 0. The highest BCUT2D eigenvalue weighted by atomic mass is 127. The smallest absolute Gasteiger partial charge is 0.269 e. The lowest BCUT2D eigenvalue weighted by Gasteiger charge is -2.36. The molecule has 0 spiro atoms. The van der Waals surface area contributed by atoms with Gasteiger partial charge in [-0.3, -0.25) is 0 Å². The van der Waals surface area contributed by atoms with Gasteiger partial charge in [-0.15, -0.1) is 0 Å². The maximum atomic E-state index is 13.1. The van der Waals surface area contributed by atoms with Gasteiger partial charge in [-0.25, -0.2) is 17.4 Å². The highest BCUT2D eigenvalue weighted by molar-refractivity contribution is 14.1. The van der Waals surface area contributed by atoms with Gasteiger partial charge in [0.25, 0.3) is 10.0 Å². The Morgan fingerprint density at radius 3 is 2.43 bits per heavy atom. The average Bonchev–Trinajstić information content (AvgIpc) is 2.98. The number of nitrogens with zero attached hydrogens (tertiary/aromatic N) is 3. The van der Waals surface area contributed by atoms with Crippen molar-refractivity contribution in [3.63, 3.8) is 0 Å². The van der Waals surface area contributed by atoms with Gasteiger partial charge in [0.1, 0.15) is 0 Å². The molecule has 3 aromatic rings. The van der Waals surface area contributed by atoms with E-state index < -0.39 is 10.0 Å². The van der Waals surface area contributed by atoms with E-state index in [4.69, 9.17) is 4.74 Å². The van der Waals surface area contributed by atoms with Crippen molar-refractivity contribution in [2.24, 2.45) is 0 Å². The zero-order valence-electron chi connectivity index (χ0n) is 16.0. The number of benzene rings is 1. The molecule has 1 fully saturated rings. The Bertz CT molecular complexity index is 1120. The molecule has 1 aliphatic heterocycles. The molecule has 2 aromatic heterocycles. The van der Waals surface area contributed by atoms with Gasteiger partial charge in [0.05, 0.1) is 29.0 Å². The number of anilines is 1. The number of hydrogen-bond donors (Lipinski definition) is 0. The monoisotopic (exact) mass is 511 g/mol. The van der Waals surface area contributed by atoms with Gasteiger partial charge in [0, 0.05) is 28.2 Å². The van der Waals surface area contributed by atoms with E-state index >= 15 is 0 Å². The summed E-state index contributed by atoms with van der Waals surface area (Å²) < 4.78 is 34.2. The molecule has 0 aliphatic carbocycles. The third-order valence-electron chi connectivity index (χ3n) is 4.91. The molecule has 28 heavy (non-hydrogen) atoms. The first kappa shape index (κ1) is 19.7. The molecule has 0 saturated carbocycles. The molecule has 0 bridgehead atoms. The van der Waals surface area contributed by atoms with Crippen LogP contribution in [0.15, 0.2) is 47.6 Å². The topological polar surface area (TPSA) is 64.4 Å². The van der Waals surface area contributed by atoms with Crippen molar-refractivity contribution >= 4 is 49.3 Å². The Kier molecular flexibility index (Phi) is 5.13. The minimum atomic E-state index is -3.70. The Labute approximate surface area is 178 Å². The lowest BCUT2D eigenvalue weighted by Crippen LogP contribution is -2.45. The van der Waals surface area contributed by atoms with Crippen molar-refractivity contribution in [1.29, 1.82) is 0 Å². The maximum absolute atomic E-state index is 13.1. The third kappa shape index (κ3) is 3.53. The highest BCUT2D eigenvalue weighted by Crippen LogP contribution is 2.30. The first-order valence-corrected chi connectivity index (χ1v) is 11.7. The van der Waals surface area contributed by atoms with Crippen LogP contribution < -0.4 is 4.90 Å². The Hall–Kier alpha value is -1.65. The van der Waals surface area contributed by atoms with E-state index in [0.29, 0.717) is 5.65 Å². The second kappa shape index (κ2) is 7.31. The van der Waals surface area contributed by atoms with Gasteiger partial charge < -0.3 is 9.64 Å². The lowest BCUT2D eigenvalue weighted by atomic mass is 10.2. The average molecular weight is 511 g/mol. The van der Waals surface area contributed by atoms with Crippen molar-refractivity contribution in [2.75, 3.05) is 18.0 Å². The SMILES string of the molecule is Cc1ccc(S(=O)(=O)n2cc(I)c3cc(N4C[C@@H](C)O[C@@H](C)C4)cnc32)cc1. The van der Waals surface area contributed by atoms with Gasteiger partial charge in [0.2, 0.25) is 0 Å². The van der Waals surface area contributed by atoms with E-state index in [0.717, 1.165) is 33.3 Å². The first-order valence-electron chi connectivity index (χ1n) is 9.15. The molecule has 4 rings (SSSR count). The standard InChI is InChI=1S/C20H22IN3O3S/c1-13-4-6-17(7-5-13)28(25,26)24-12-19(21)18-8-16(9-22-20(18)24)23-10-14(2)27-15(3)11-23/h4-9,12,14-15H,10-11H2,1-3H3/t14-,15+. The van der Waals surface area contributed by atoms with Crippen molar-refractivity contribution < 1.29 is 13.2 Å². The van der Waals surface area contributed by atoms with Crippen LogP contribution in [0.5, 0.6) is 0 Å². The number of aryl methyl sites for hydroxylation is 1. The molecular formula is C20H22IN3O3S. The molecule has 0 radical (unpaired) electrons. The van der Waals surface area contributed by atoms with E-state index in [1.165, 1.54) is 3.97 Å². The molecule has 1 aliphatic rings. The van der Waals surface area contributed by atoms with Gasteiger partial charge in [-0.05, 0) is 61.6 Å². The number of hydrogen-bond acceptors (Lipinski definition) is 5. The van der Waals surface area contributed by atoms with E-state index in [1.807, 2.05) is 13.0 Å². The molecule has 8 heteroatoms. The maximum Gasteiger partial charge on any atom is 0.269 e. The largest absolute Gasteiger partial charge is 0.372 e. The van der Waals surface area contributed by atoms with Crippen LogP contribution in [0.3, 0.4) is 0 Å². The van der Waals surface area contributed by atoms with Crippen molar-refractivity contribution in [2.45, 2.75) is 37.9 Å². The molecule has 6 nitrogen and oxygen atoms in total. The predicted molar refractivity (Wildman–Crippen MR) is 118 cm³/mol. The summed E-state index contributed by atoms with van der Waals surface area (Å²) in [5.41, 5.74) is 2.45. The minimum absolute atomic E-state index is 0.144. The highest BCUT2D eigenvalue weighted by Gasteiger charge is 2.25. The van der Waals surface area contributed by atoms with Crippen LogP contribution in [0.25, 0.3) is 11.0 Å². The quantitative estimate of drug-likeness (QED) is 0.501. The van der Waals surface area contributed by atoms with Crippen molar-refractivity contribution in [3.8, 4) is 0 Å². The lowest BCUT2D eigenvalue weighted by molar-refractivity contribution is -0.00522. The van der Waals surface area contributed by atoms with Crippen LogP contribution >= 0.6 is 22.6 Å². The summed E-state index contributed by atoms with van der Waals surface area (Å²) >= 11 is 2.17. The molecule has 148 valence electrons. The number of aromatic nitrogens is 2. The summed E-state index contributed by atoms with van der Waals surface area (Å²) in [6, 6.07) is 8.89. The Morgan fingerprint density at radius 2 is 1.79 bits per heavy atom. The number of fused-ring (bicyclic) bond motifs is 1. The number of rotatable bonds is 3. The molecule has 1 aromatic carbocycles. The van der Waals surface area contributed by atoms with Gasteiger partial charge in [-0.1, -0.05) is 17.7 Å². The molecule has 2 atom stereocenters. The van der Waals surface area contributed by atoms with Crippen LogP contribution in [-0.2, 0) is 14.8 Å². The van der Waals surface area contributed by atoms with E-state index in [-0.39, 0.29) is 17.1 Å². The summed E-state index contributed by atoms with van der Waals surface area (Å²) in [4.78, 5) is 7.03. The zero-order chi connectivity index (χ0) is 20.1. The summed E-state index contributed by atoms with van der Waals surface area (Å²) in [6.45, 7) is 7.62. The Morgan fingerprint density at radius 1 is 1.14 bits per heavy atom. The fraction of sp³-hybridized carbons (Fsp3) is 0.350. The summed E-state index contributed by atoms with van der Waals surface area (Å²) in [6.07, 6.45) is 3.68. The molecular weight excluding hydrogens is 489 g/mol. The number of morpholine rings is 1. The van der Waals surface area contributed by atoms with Crippen LogP contribution in [0.1, 0.15) is 19.4 Å². The fourth-order valence-electron chi connectivity index (χ4n) is 3.60. The zero-order valence-corrected chi connectivity index (χ0v) is 18.9. The van der Waals surface area contributed by atoms with E-state index in [9.17, 15) is 8.42 Å². The van der Waals surface area contributed by atoms with Crippen LogP contribution in [0.4, 0.5) is 5.69 Å². The third-order valence-corrected chi connectivity index (χ3v) is 7.44. The predicted octanol–water partition coefficient (Wildman–Crippen LogP) is 3.80.